The van der Waals surface area contributed by atoms with Crippen LogP contribution in [0.3, 0.4) is 0 Å². The van der Waals surface area contributed by atoms with Gasteiger partial charge in [0.2, 0.25) is 0 Å². The molecule has 2 atom stereocenters. The summed E-state index contributed by atoms with van der Waals surface area (Å²) in [7, 11) is 0. The average Bonchev–Trinajstić information content (AvgIpc) is 3.30. The van der Waals surface area contributed by atoms with Gasteiger partial charge in [-0.2, -0.15) is 0 Å². The maximum atomic E-state index is 12.8. The molecule has 0 aliphatic rings. The van der Waals surface area contributed by atoms with Crippen LogP contribution >= 0.6 is 0 Å². The van der Waals surface area contributed by atoms with Crippen LogP contribution < -0.4 is 0 Å². The molecule has 392 valence electrons. The van der Waals surface area contributed by atoms with Gasteiger partial charge in [0.25, 0.3) is 0 Å². The summed E-state index contributed by atoms with van der Waals surface area (Å²) in [5.74, 6) is 0.913. The second-order valence-corrected chi connectivity index (χ2v) is 21.4. The fraction of sp³-hybridized carbons (Fsp3) is 0.950. The van der Waals surface area contributed by atoms with E-state index < -0.39 is 6.10 Å². The molecule has 0 N–H and O–H groups in total. The highest BCUT2D eigenvalue weighted by Gasteiger charge is 2.19. The Labute approximate surface area is 412 Å². The van der Waals surface area contributed by atoms with E-state index in [2.05, 4.69) is 34.6 Å². The molecule has 0 aromatic heterocycles. The summed E-state index contributed by atoms with van der Waals surface area (Å²) in [5.41, 5.74) is 0. The topological polar surface area (TPSA) is 78.9 Å². The number of hydrogen-bond acceptors (Lipinski definition) is 6. The fourth-order valence-corrected chi connectivity index (χ4v) is 9.20. The molecule has 0 aromatic rings. The first-order chi connectivity index (χ1) is 32.3. The molecule has 1 unspecified atom stereocenters. The summed E-state index contributed by atoms with van der Waals surface area (Å²) < 4.78 is 16.9. The van der Waals surface area contributed by atoms with E-state index in [0.717, 1.165) is 69.6 Å². The SMILES string of the molecule is CCCCCCCCCCCC(=O)OC[C@@H](COC(=O)CCCCCCCCCCCCCCCCCCCCC(C)C)OC(=O)CCCCCCCCCCCCCCCCC(C)CC. The van der Waals surface area contributed by atoms with Crippen molar-refractivity contribution in [2.24, 2.45) is 11.8 Å². The predicted octanol–water partition coefficient (Wildman–Crippen LogP) is 19.7. The van der Waals surface area contributed by atoms with Crippen molar-refractivity contribution in [2.45, 2.75) is 343 Å². The molecule has 6 nitrogen and oxygen atoms in total. The summed E-state index contributed by atoms with van der Waals surface area (Å²) in [5, 5.41) is 0. The maximum absolute atomic E-state index is 12.8. The standard InChI is InChI=1S/C60H116O6/c1-6-8-9-10-11-28-35-40-45-50-58(61)64-53-57(66-60(63)52-47-42-37-32-27-23-19-18-21-25-30-34-39-44-49-56(5)7-2)54-65-59(62)51-46-41-36-31-26-22-17-15-13-12-14-16-20-24-29-33-38-43-48-55(3)4/h55-57H,6-54H2,1-5H3/t56?,57-/m0/s1. The van der Waals surface area contributed by atoms with Gasteiger partial charge < -0.3 is 14.2 Å². The second kappa shape index (κ2) is 52.8. The maximum Gasteiger partial charge on any atom is 0.306 e. The molecule has 0 aliphatic carbocycles. The summed E-state index contributed by atoms with van der Waals surface area (Å²) in [6.45, 7) is 11.5. The minimum absolute atomic E-state index is 0.0625. The van der Waals surface area contributed by atoms with E-state index in [1.54, 1.807) is 0 Å². The van der Waals surface area contributed by atoms with Crippen molar-refractivity contribution in [3.05, 3.63) is 0 Å². The van der Waals surface area contributed by atoms with Crippen LogP contribution in [-0.2, 0) is 28.6 Å². The Bertz CT molecular complexity index is 1010. The lowest BCUT2D eigenvalue weighted by Crippen LogP contribution is -2.30. The fourth-order valence-electron chi connectivity index (χ4n) is 9.20. The summed E-state index contributed by atoms with van der Waals surface area (Å²) in [4.78, 5) is 38.1. The molecule has 0 fully saturated rings. The van der Waals surface area contributed by atoms with Gasteiger partial charge in [-0.25, -0.2) is 0 Å². The molecule has 0 aliphatic heterocycles. The quantitative estimate of drug-likeness (QED) is 0.0343. The number of carbonyl (C=O) groups is 3. The van der Waals surface area contributed by atoms with E-state index in [0.29, 0.717) is 19.3 Å². The Balaban J connectivity index is 4.18. The molecule has 0 bridgehead atoms. The predicted molar refractivity (Wildman–Crippen MR) is 284 cm³/mol. The first-order valence-electron chi connectivity index (χ1n) is 29.8. The number of esters is 3. The number of unbranched alkanes of at least 4 members (excludes halogenated alkanes) is 38. The van der Waals surface area contributed by atoms with Gasteiger partial charge in [-0.3, -0.25) is 14.4 Å². The Morgan fingerprint density at radius 1 is 0.318 bits per heavy atom. The van der Waals surface area contributed by atoms with E-state index in [1.807, 2.05) is 0 Å². The molecule has 0 rings (SSSR count). The summed E-state index contributed by atoms with van der Waals surface area (Å²) in [6, 6.07) is 0. The van der Waals surface area contributed by atoms with Crippen LogP contribution in [-0.4, -0.2) is 37.2 Å². The molecule has 0 aromatic carbocycles. The van der Waals surface area contributed by atoms with Gasteiger partial charge in [-0.15, -0.1) is 0 Å². The second-order valence-electron chi connectivity index (χ2n) is 21.4. The minimum Gasteiger partial charge on any atom is -0.462 e. The van der Waals surface area contributed by atoms with Crippen molar-refractivity contribution in [2.75, 3.05) is 13.2 Å². The number of hydrogen-bond donors (Lipinski definition) is 0. The van der Waals surface area contributed by atoms with Crippen molar-refractivity contribution in [3.63, 3.8) is 0 Å². The lowest BCUT2D eigenvalue weighted by atomic mass is 9.99. The van der Waals surface area contributed by atoms with Gasteiger partial charge in [-0.1, -0.05) is 298 Å². The van der Waals surface area contributed by atoms with Gasteiger partial charge in [-0.05, 0) is 31.1 Å². The highest BCUT2D eigenvalue weighted by molar-refractivity contribution is 5.71. The molecule has 0 heterocycles. The zero-order valence-corrected chi connectivity index (χ0v) is 45.3. The third kappa shape index (κ3) is 51.8. The molecule has 6 heteroatoms. The molecule has 0 amide bonds. The molecule has 0 spiro atoms. The van der Waals surface area contributed by atoms with Gasteiger partial charge in [0.1, 0.15) is 13.2 Å². The van der Waals surface area contributed by atoms with Crippen molar-refractivity contribution in [1.29, 1.82) is 0 Å². The molecular formula is C60H116O6. The number of ether oxygens (including phenoxy) is 3. The number of carbonyl (C=O) groups excluding carboxylic acids is 3. The Morgan fingerprint density at radius 3 is 0.864 bits per heavy atom. The van der Waals surface area contributed by atoms with E-state index >= 15 is 0 Å². The van der Waals surface area contributed by atoms with E-state index in [9.17, 15) is 14.4 Å². The van der Waals surface area contributed by atoms with E-state index in [1.165, 1.54) is 225 Å². The van der Waals surface area contributed by atoms with E-state index in [4.69, 9.17) is 14.2 Å². The van der Waals surface area contributed by atoms with Gasteiger partial charge >= 0.3 is 17.9 Å². The van der Waals surface area contributed by atoms with Gasteiger partial charge in [0.15, 0.2) is 6.10 Å². The lowest BCUT2D eigenvalue weighted by molar-refractivity contribution is -0.167. The highest BCUT2D eigenvalue weighted by atomic mass is 16.6. The summed E-state index contributed by atoms with van der Waals surface area (Å²) >= 11 is 0. The van der Waals surface area contributed by atoms with Crippen LogP contribution in [0.25, 0.3) is 0 Å². The molecule has 0 saturated heterocycles. The largest absolute Gasteiger partial charge is 0.462 e. The zero-order chi connectivity index (χ0) is 48.2. The van der Waals surface area contributed by atoms with Crippen molar-refractivity contribution < 1.29 is 28.6 Å². The average molecular weight is 934 g/mol. The normalized spacial score (nSPS) is 12.5. The Morgan fingerprint density at radius 2 is 0.576 bits per heavy atom. The molecular weight excluding hydrogens is 817 g/mol. The number of rotatable bonds is 54. The Hall–Kier alpha value is -1.59. The smallest absolute Gasteiger partial charge is 0.306 e. The van der Waals surface area contributed by atoms with E-state index in [-0.39, 0.29) is 31.1 Å². The molecule has 0 radical (unpaired) electrons. The van der Waals surface area contributed by atoms with Crippen LogP contribution in [0.4, 0.5) is 0 Å². The third-order valence-corrected chi connectivity index (χ3v) is 14.1. The molecule has 0 saturated carbocycles. The first-order valence-corrected chi connectivity index (χ1v) is 29.8. The van der Waals surface area contributed by atoms with Crippen LogP contribution in [0.5, 0.6) is 0 Å². The lowest BCUT2D eigenvalue weighted by Gasteiger charge is -2.18. The minimum atomic E-state index is -0.762. The third-order valence-electron chi connectivity index (χ3n) is 14.1. The molecule has 66 heavy (non-hydrogen) atoms. The van der Waals surface area contributed by atoms with Gasteiger partial charge in [0.05, 0.1) is 0 Å². The highest BCUT2D eigenvalue weighted by Crippen LogP contribution is 2.19. The van der Waals surface area contributed by atoms with Crippen LogP contribution in [0, 0.1) is 11.8 Å². The van der Waals surface area contributed by atoms with Crippen LogP contribution in [0.2, 0.25) is 0 Å². The van der Waals surface area contributed by atoms with Crippen molar-refractivity contribution >= 4 is 17.9 Å². The van der Waals surface area contributed by atoms with Crippen molar-refractivity contribution in [1.82, 2.24) is 0 Å². The van der Waals surface area contributed by atoms with Gasteiger partial charge in [0, 0.05) is 19.3 Å². The monoisotopic (exact) mass is 933 g/mol. The van der Waals surface area contributed by atoms with Crippen molar-refractivity contribution in [3.8, 4) is 0 Å². The summed E-state index contributed by atoms with van der Waals surface area (Å²) in [6.07, 6.45) is 56.7. The first kappa shape index (κ1) is 64.4. The van der Waals surface area contributed by atoms with Crippen LogP contribution in [0.15, 0.2) is 0 Å². The Kier molecular flexibility index (Phi) is 51.5. The zero-order valence-electron chi connectivity index (χ0n) is 45.3. The van der Waals surface area contributed by atoms with Crippen LogP contribution in [0.1, 0.15) is 336 Å².